The Labute approximate surface area is 103 Å². The fourth-order valence-electron chi connectivity index (χ4n) is 2.18. The smallest absolute Gasteiger partial charge is 0.119 e. The van der Waals surface area contributed by atoms with Gasteiger partial charge in [0, 0.05) is 16.9 Å². The number of hydrogen-bond acceptors (Lipinski definition) is 2. The largest absolute Gasteiger partial charge is 0.497 e. The summed E-state index contributed by atoms with van der Waals surface area (Å²) >= 11 is 3.43. The van der Waals surface area contributed by atoms with Crippen LogP contribution in [0.1, 0.15) is 18.4 Å². The normalized spacial score (nSPS) is 28.6. The van der Waals surface area contributed by atoms with Crippen molar-refractivity contribution in [2.45, 2.75) is 31.0 Å². The molecule has 16 heavy (non-hydrogen) atoms. The Bertz CT molecular complexity index is 391. The fraction of sp³-hybridized carbons (Fsp3) is 0.500. The first kappa shape index (κ1) is 11.9. The van der Waals surface area contributed by atoms with Crippen LogP contribution in [0.2, 0.25) is 0 Å². The predicted molar refractivity (Wildman–Crippen MR) is 65.4 cm³/mol. The van der Waals surface area contributed by atoms with E-state index in [4.69, 9.17) is 10.5 Å². The molecule has 0 aliphatic heterocycles. The van der Waals surface area contributed by atoms with Crippen molar-refractivity contribution in [1.82, 2.24) is 0 Å². The molecule has 1 aromatic carbocycles. The van der Waals surface area contributed by atoms with E-state index in [1.165, 1.54) is 0 Å². The number of nitrogens with two attached hydrogens (primary N) is 1. The van der Waals surface area contributed by atoms with Gasteiger partial charge in [-0.05, 0) is 36.6 Å². The lowest BCUT2D eigenvalue weighted by Gasteiger charge is -2.39. The van der Waals surface area contributed by atoms with Gasteiger partial charge in [-0.2, -0.15) is 0 Å². The molecule has 2 N–H and O–H groups in total. The molecule has 0 aromatic heterocycles. The van der Waals surface area contributed by atoms with Crippen LogP contribution in [0.3, 0.4) is 0 Å². The third kappa shape index (κ3) is 2.38. The first-order valence-electron chi connectivity index (χ1n) is 5.29. The van der Waals surface area contributed by atoms with Gasteiger partial charge in [-0.1, -0.05) is 15.9 Å². The maximum atomic E-state index is 14.1. The molecule has 0 saturated heterocycles. The minimum atomic E-state index is -1.13. The molecule has 0 heterocycles. The predicted octanol–water partition coefficient (Wildman–Crippen LogP) is 2.83. The van der Waals surface area contributed by atoms with Crippen molar-refractivity contribution in [2.24, 2.45) is 5.73 Å². The lowest BCUT2D eigenvalue weighted by atomic mass is 9.74. The molecule has 0 bridgehead atoms. The Hall–Kier alpha value is -0.610. The van der Waals surface area contributed by atoms with Gasteiger partial charge in [0.1, 0.15) is 11.4 Å². The minimum Gasteiger partial charge on any atom is -0.497 e. The lowest BCUT2D eigenvalue weighted by Crippen LogP contribution is -2.49. The first-order valence-corrected chi connectivity index (χ1v) is 6.09. The van der Waals surface area contributed by atoms with E-state index in [9.17, 15) is 4.39 Å². The van der Waals surface area contributed by atoms with Crippen LogP contribution in [0.4, 0.5) is 4.39 Å². The van der Waals surface area contributed by atoms with Gasteiger partial charge in [0.05, 0.1) is 7.11 Å². The second-order valence-electron chi connectivity index (χ2n) is 4.45. The molecule has 1 fully saturated rings. The first-order chi connectivity index (χ1) is 7.52. The maximum Gasteiger partial charge on any atom is 0.119 e. The molecule has 4 heteroatoms. The SMILES string of the molecule is COc1ccc(Br)c(CC2(F)CC(N)C2)c1. The molecule has 1 saturated carbocycles. The van der Waals surface area contributed by atoms with E-state index in [2.05, 4.69) is 15.9 Å². The summed E-state index contributed by atoms with van der Waals surface area (Å²) in [5, 5.41) is 0. The van der Waals surface area contributed by atoms with Crippen molar-refractivity contribution in [3.63, 3.8) is 0 Å². The van der Waals surface area contributed by atoms with Gasteiger partial charge in [0.2, 0.25) is 0 Å². The average Bonchev–Trinajstić information content (AvgIpc) is 2.19. The lowest BCUT2D eigenvalue weighted by molar-refractivity contribution is 0.0442. The standard InChI is InChI=1S/C12H15BrFNO/c1-16-10-2-3-11(13)8(4-10)5-12(14)6-9(15)7-12/h2-4,9H,5-7,15H2,1H3. The second kappa shape index (κ2) is 4.34. The third-order valence-corrected chi connectivity index (χ3v) is 3.79. The quantitative estimate of drug-likeness (QED) is 0.928. The molecule has 2 rings (SSSR count). The van der Waals surface area contributed by atoms with Crippen LogP contribution in [0.15, 0.2) is 22.7 Å². The molecule has 0 unspecified atom stereocenters. The highest BCUT2D eigenvalue weighted by Gasteiger charge is 2.43. The van der Waals surface area contributed by atoms with Gasteiger partial charge >= 0.3 is 0 Å². The summed E-state index contributed by atoms with van der Waals surface area (Å²) in [5.41, 5.74) is 5.43. The zero-order valence-corrected chi connectivity index (χ0v) is 10.8. The zero-order valence-electron chi connectivity index (χ0n) is 9.17. The Kier molecular flexibility index (Phi) is 3.22. The van der Waals surface area contributed by atoms with Crippen LogP contribution in [0.25, 0.3) is 0 Å². The van der Waals surface area contributed by atoms with Crippen LogP contribution < -0.4 is 10.5 Å². The van der Waals surface area contributed by atoms with Crippen LogP contribution in [-0.4, -0.2) is 18.8 Å². The molecule has 0 atom stereocenters. The summed E-state index contributed by atoms with van der Waals surface area (Å²) in [6, 6.07) is 5.63. The Morgan fingerprint density at radius 3 is 2.81 bits per heavy atom. The van der Waals surface area contributed by atoms with Crippen molar-refractivity contribution in [3.05, 3.63) is 28.2 Å². The van der Waals surface area contributed by atoms with Gasteiger partial charge in [-0.25, -0.2) is 4.39 Å². The Balaban J connectivity index is 2.14. The molecule has 1 aromatic rings. The number of methoxy groups -OCH3 is 1. The number of hydrogen-bond donors (Lipinski definition) is 1. The van der Waals surface area contributed by atoms with E-state index in [1.54, 1.807) is 7.11 Å². The van der Waals surface area contributed by atoms with Crippen molar-refractivity contribution < 1.29 is 9.13 Å². The van der Waals surface area contributed by atoms with E-state index < -0.39 is 5.67 Å². The molecule has 0 radical (unpaired) electrons. The van der Waals surface area contributed by atoms with Gasteiger partial charge in [0.15, 0.2) is 0 Å². The summed E-state index contributed by atoms with van der Waals surface area (Å²) in [7, 11) is 1.61. The van der Waals surface area contributed by atoms with Crippen molar-refractivity contribution >= 4 is 15.9 Å². The van der Waals surface area contributed by atoms with E-state index in [0.717, 1.165) is 15.8 Å². The van der Waals surface area contributed by atoms with E-state index in [-0.39, 0.29) is 6.04 Å². The third-order valence-electron chi connectivity index (χ3n) is 3.02. The second-order valence-corrected chi connectivity index (χ2v) is 5.31. The molecule has 88 valence electrons. The van der Waals surface area contributed by atoms with Crippen molar-refractivity contribution in [2.75, 3.05) is 7.11 Å². The zero-order chi connectivity index (χ0) is 11.8. The average molecular weight is 288 g/mol. The van der Waals surface area contributed by atoms with Gasteiger partial charge in [0.25, 0.3) is 0 Å². The number of benzene rings is 1. The van der Waals surface area contributed by atoms with Gasteiger partial charge < -0.3 is 10.5 Å². The number of alkyl halides is 1. The Morgan fingerprint density at radius 1 is 1.56 bits per heavy atom. The van der Waals surface area contributed by atoms with E-state index >= 15 is 0 Å². The molecular weight excluding hydrogens is 273 g/mol. The number of rotatable bonds is 3. The summed E-state index contributed by atoms with van der Waals surface area (Å²) in [6.45, 7) is 0. The molecule has 0 amide bonds. The Morgan fingerprint density at radius 2 is 2.25 bits per heavy atom. The summed E-state index contributed by atoms with van der Waals surface area (Å²) < 4.78 is 20.2. The number of halogens is 2. The van der Waals surface area contributed by atoms with Gasteiger partial charge in [-0.15, -0.1) is 0 Å². The highest BCUT2D eigenvalue weighted by atomic mass is 79.9. The maximum absolute atomic E-state index is 14.1. The highest BCUT2D eigenvalue weighted by Crippen LogP contribution is 2.39. The van der Waals surface area contributed by atoms with Crippen LogP contribution in [0, 0.1) is 0 Å². The van der Waals surface area contributed by atoms with Crippen LogP contribution in [0.5, 0.6) is 5.75 Å². The minimum absolute atomic E-state index is 0.0226. The molecule has 1 aliphatic rings. The molecule has 0 spiro atoms. The monoisotopic (exact) mass is 287 g/mol. The summed E-state index contributed by atoms with van der Waals surface area (Å²) in [5.74, 6) is 0.755. The summed E-state index contributed by atoms with van der Waals surface area (Å²) in [6.07, 6.45) is 1.31. The summed E-state index contributed by atoms with van der Waals surface area (Å²) in [4.78, 5) is 0. The topological polar surface area (TPSA) is 35.2 Å². The van der Waals surface area contributed by atoms with Crippen molar-refractivity contribution in [1.29, 1.82) is 0 Å². The van der Waals surface area contributed by atoms with E-state index in [0.29, 0.717) is 19.3 Å². The van der Waals surface area contributed by atoms with Crippen LogP contribution in [-0.2, 0) is 6.42 Å². The van der Waals surface area contributed by atoms with Crippen molar-refractivity contribution in [3.8, 4) is 5.75 Å². The fourth-order valence-corrected chi connectivity index (χ4v) is 2.57. The molecule has 2 nitrogen and oxygen atoms in total. The van der Waals surface area contributed by atoms with Crippen LogP contribution >= 0.6 is 15.9 Å². The highest BCUT2D eigenvalue weighted by molar-refractivity contribution is 9.10. The molecular formula is C12H15BrFNO. The number of ether oxygens (including phenoxy) is 1. The molecule has 1 aliphatic carbocycles. The van der Waals surface area contributed by atoms with Gasteiger partial charge in [-0.3, -0.25) is 0 Å². The van der Waals surface area contributed by atoms with E-state index in [1.807, 2.05) is 18.2 Å².